The van der Waals surface area contributed by atoms with Crippen molar-refractivity contribution >= 4 is 21.6 Å². The van der Waals surface area contributed by atoms with Gasteiger partial charge in [-0.25, -0.2) is 8.42 Å². The van der Waals surface area contributed by atoms with Crippen LogP contribution < -0.4 is 9.62 Å². The molecule has 0 atom stereocenters. The number of benzene rings is 1. The second-order valence-electron chi connectivity index (χ2n) is 7.56. The van der Waals surface area contributed by atoms with E-state index in [4.69, 9.17) is 0 Å². The van der Waals surface area contributed by atoms with E-state index in [2.05, 4.69) is 5.32 Å². The molecule has 0 aliphatic carbocycles. The lowest BCUT2D eigenvalue weighted by molar-refractivity contribution is -0.119. The Kier molecular flexibility index (Phi) is 7.47. The minimum atomic E-state index is -3.59. The molecule has 0 saturated carbocycles. The van der Waals surface area contributed by atoms with Crippen molar-refractivity contribution in [3.63, 3.8) is 0 Å². The smallest absolute Gasteiger partial charge is 0.240 e. The van der Waals surface area contributed by atoms with Crippen molar-refractivity contribution in [1.29, 1.82) is 0 Å². The lowest BCUT2D eigenvalue weighted by Crippen LogP contribution is -2.42. The van der Waals surface area contributed by atoms with Gasteiger partial charge in [-0.3, -0.25) is 9.10 Å². The van der Waals surface area contributed by atoms with Gasteiger partial charge < -0.3 is 5.32 Å². The fraction of sp³-hybridized carbons (Fsp3) is 0.632. The predicted molar refractivity (Wildman–Crippen MR) is 105 cm³/mol. The first kappa shape index (κ1) is 21.5. The summed E-state index contributed by atoms with van der Waals surface area (Å²) in [5.41, 5.74) is 2.52. The number of nitrogens with one attached hydrogen (secondary N) is 1. The third kappa shape index (κ3) is 6.03. The summed E-state index contributed by atoms with van der Waals surface area (Å²) < 4.78 is 26.3. The van der Waals surface area contributed by atoms with E-state index in [9.17, 15) is 13.2 Å². The highest BCUT2D eigenvalue weighted by Gasteiger charge is 2.27. The molecule has 142 valence electrons. The maximum atomic E-state index is 12.5. The Morgan fingerprint density at radius 1 is 1.04 bits per heavy atom. The van der Waals surface area contributed by atoms with Crippen LogP contribution in [0.4, 0.5) is 5.69 Å². The molecular formula is C19H32N2O3S. The van der Waals surface area contributed by atoms with Gasteiger partial charge in [-0.15, -0.1) is 0 Å². The van der Waals surface area contributed by atoms with Crippen LogP contribution in [0.25, 0.3) is 0 Å². The average molecular weight is 369 g/mol. The Morgan fingerprint density at radius 3 is 1.88 bits per heavy atom. The molecule has 1 amide bonds. The van der Waals surface area contributed by atoms with E-state index in [-0.39, 0.29) is 24.3 Å². The number of hydrogen-bond acceptors (Lipinski definition) is 3. The number of nitrogens with zero attached hydrogens (tertiary/aromatic N) is 1. The first-order valence-corrected chi connectivity index (χ1v) is 10.7. The number of anilines is 1. The van der Waals surface area contributed by atoms with Crippen LogP contribution in [-0.4, -0.2) is 33.7 Å². The fourth-order valence-corrected chi connectivity index (χ4v) is 3.56. The summed E-state index contributed by atoms with van der Waals surface area (Å²) in [4.78, 5) is 12.3. The van der Waals surface area contributed by atoms with Crippen molar-refractivity contribution in [2.45, 2.75) is 53.4 Å². The van der Waals surface area contributed by atoms with Crippen LogP contribution in [0.1, 0.15) is 64.5 Å². The number of sulfonamides is 1. The quantitative estimate of drug-likeness (QED) is 0.764. The van der Waals surface area contributed by atoms with Crippen molar-refractivity contribution in [1.82, 2.24) is 5.32 Å². The summed E-state index contributed by atoms with van der Waals surface area (Å²) in [5.74, 6) is 0.325. The van der Waals surface area contributed by atoms with Crippen molar-refractivity contribution in [2.75, 3.05) is 23.7 Å². The van der Waals surface area contributed by atoms with Crippen LogP contribution in [0.5, 0.6) is 0 Å². The van der Waals surface area contributed by atoms with Crippen LogP contribution >= 0.6 is 0 Å². The van der Waals surface area contributed by atoms with Gasteiger partial charge in [0.2, 0.25) is 15.9 Å². The van der Waals surface area contributed by atoms with E-state index in [1.165, 1.54) is 4.31 Å². The molecule has 0 aliphatic rings. The molecule has 0 saturated heterocycles. The van der Waals surface area contributed by atoms with Crippen molar-refractivity contribution in [2.24, 2.45) is 5.92 Å². The maximum Gasteiger partial charge on any atom is 0.240 e. The molecule has 25 heavy (non-hydrogen) atoms. The molecule has 0 radical (unpaired) electrons. The van der Waals surface area contributed by atoms with E-state index < -0.39 is 10.0 Å². The van der Waals surface area contributed by atoms with E-state index in [0.717, 1.165) is 17.4 Å². The Hall–Kier alpha value is -1.56. The SMILES string of the molecule is CC(C)CNC(=O)CN(c1c(C(C)C)cccc1C(C)C)S(C)(=O)=O. The first-order valence-electron chi connectivity index (χ1n) is 8.82. The molecule has 5 nitrogen and oxygen atoms in total. The summed E-state index contributed by atoms with van der Waals surface area (Å²) in [6.07, 6.45) is 1.16. The number of carbonyl (C=O) groups is 1. The van der Waals surface area contributed by atoms with Gasteiger partial charge in [0.15, 0.2) is 0 Å². The molecule has 1 N–H and O–H groups in total. The number of para-hydroxylation sites is 1. The molecule has 0 spiro atoms. The van der Waals surface area contributed by atoms with E-state index in [1.807, 2.05) is 59.7 Å². The van der Waals surface area contributed by atoms with Gasteiger partial charge in [0, 0.05) is 6.54 Å². The lowest BCUT2D eigenvalue weighted by Gasteiger charge is -2.29. The molecule has 1 rings (SSSR count). The summed E-state index contributed by atoms with van der Waals surface area (Å²) in [7, 11) is -3.59. The summed E-state index contributed by atoms with van der Waals surface area (Å²) >= 11 is 0. The minimum absolute atomic E-state index is 0.150. The zero-order valence-corrected chi connectivity index (χ0v) is 17.3. The lowest BCUT2D eigenvalue weighted by atomic mass is 9.92. The number of hydrogen-bond donors (Lipinski definition) is 1. The van der Waals surface area contributed by atoms with E-state index >= 15 is 0 Å². The van der Waals surface area contributed by atoms with E-state index in [1.54, 1.807) is 0 Å². The third-order valence-electron chi connectivity index (χ3n) is 3.99. The van der Waals surface area contributed by atoms with Crippen molar-refractivity contribution in [3.8, 4) is 0 Å². The summed E-state index contributed by atoms with van der Waals surface area (Å²) in [5, 5.41) is 2.81. The molecule has 0 aromatic heterocycles. The molecular weight excluding hydrogens is 336 g/mol. The molecule has 1 aromatic carbocycles. The Bertz CT molecular complexity index is 668. The highest BCUT2D eigenvalue weighted by Crippen LogP contribution is 2.36. The Labute approximate surface area is 152 Å². The van der Waals surface area contributed by atoms with Gasteiger partial charge >= 0.3 is 0 Å². The maximum absolute atomic E-state index is 12.5. The normalized spacial score (nSPS) is 12.1. The first-order chi connectivity index (χ1) is 11.4. The largest absolute Gasteiger partial charge is 0.354 e. The van der Waals surface area contributed by atoms with Gasteiger partial charge in [0.05, 0.1) is 11.9 Å². The van der Waals surface area contributed by atoms with Crippen LogP contribution in [0.15, 0.2) is 18.2 Å². The third-order valence-corrected chi connectivity index (χ3v) is 5.10. The van der Waals surface area contributed by atoms with Crippen LogP contribution in [0.2, 0.25) is 0 Å². The molecule has 1 aromatic rings. The summed E-state index contributed by atoms with van der Waals surface area (Å²) in [6.45, 7) is 12.4. The monoisotopic (exact) mass is 368 g/mol. The van der Waals surface area contributed by atoms with Crippen molar-refractivity contribution in [3.05, 3.63) is 29.3 Å². The number of carbonyl (C=O) groups excluding carboxylic acids is 1. The highest BCUT2D eigenvalue weighted by molar-refractivity contribution is 7.92. The minimum Gasteiger partial charge on any atom is -0.354 e. The van der Waals surface area contributed by atoms with Gasteiger partial charge in [0.1, 0.15) is 6.54 Å². The Morgan fingerprint density at radius 2 is 1.52 bits per heavy atom. The molecule has 0 bridgehead atoms. The molecule has 0 aliphatic heterocycles. The molecule has 0 heterocycles. The second kappa shape index (κ2) is 8.70. The van der Waals surface area contributed by atoms with Crippen LogP contribution in [-0.2, 0) is 14.8 Å². The van der Waals surface area contributed by atoms with E-state index in [0.29, 0.717) is 18.2 Å². The fourth-order valence-electron chi connectivity index (χ4n) is 2.67. The zero-order chi connectivity index (χ0) is 19.4. The number of amides is 1. The number of rotatable bonds is 8. The zero-order valence-electron chi connectivity index (χ0n) is 16.5. The molecule has 0 fully saturated rings. The summed E-state index contributed by atoms with van der Waals surface area (Å²) in [6, 6.07) is 5.83. The van der Waals surface area contributed by atoms with Gasteiger partial charge in [-0.1, -0.05) is 59.7 Å². The average Bonchev–Trinajstić information content (AvgIpc) is 2.48. The van der Waals surface area contributed by atoms with Crippen molar-refractivity contribution < 1.29 is 13.2 Å². The van der Waals surface area contributed by atoms with Crippen LogP contribution in [0, 0.1) is 5.92 Å². The second-order valence-corrected chi connectivity index (χ2v) is 9.47. The molecule has 0 unspecified atom stereocenters. The van der Waals surface area contributed by atoms with Gasteiger partial charge in [-0.2, -0.15) is 0 Å². The topological polar surface area (TPSA) is 66.5 Å². The van der Waals surface area contributed by atoms with Crippen LogP contribution in [0.3, 0.4) is 0 Å². The standard InChI is InChI=1S/C19H32N2O3S/c1-13(2)11-20-18(22)12-21(25(7,23)24)19-16(14(3)4)9-8-10-17(19)15(5)6/h8-10,13-15H,11-12H2,1-7H3,(H,20,22). The van der Waals surface area contributed by atoms with Gasteiger partial charge in [0.25, 0.3) is 0 Å². The Balaban J connectivity index is 3.40. The molecule has 6 heteroatoms. The van der Waals surface area contributed by atoms with Gasteiger partial charge in [-0.05, 0) is 28.9 Å². The predicted octanol–water partition coefficient (Wildman–Crippen LogP) is 3.47. The highest BCUT2D eigenvalue weighted by atomic mass is 32.2.